The van der Waals surface area contributed by atoms with Gasteiger partial charge in [-0.05, 0) is 43.0 Å². The molecule has 4 rings (SSSR count). The number of anilines is 1. The van der Waals surface area contributed by atoms with Gasteiger partial charge in [0.1, 0.15) is 4.88 Å². The summed E-state index contributed by atoms with van der Waals surface area (Å²) in [6.07, 6.45) is 4.59. The molecule has 29 heavy (non-hydrogen) atoms. The number of alkyl halides is 2. The van der Waals surface area contributed by atoms with E-state index in [1.807, 2.05) is 0 Å². The molecule has 1 amide bonds. The lowest BCUT2D eigenvalue weighted by molar-refractivity contribution is -0.0520. The number of hydrogen-bond donors (Lipinski definition) is 2. The van der Waals surface area contributed by atoms with Crippen LogP contribution in [0.5, 0.6) is 11.5 Å². The van der Waals surface area contributed by atoms with Gasteiger partial charge in [-0.2, -0.15) is 14.0 Å². The van der Waals surface area contributed by atoms with Gasteiger partial charge >= 0.3 is 6.61 Å². The maximum Gasteiger partial charge on any atom is 0.387 e. The fourth-order valence-electron chi connectivity index (χ4n) is 3.25. The third-order valence-corrected chi connectivity index (χ3v) is 5.66. The molecule has 0 radical (unpaired) electrons. The van der Waals surface area contributed by atoms with Crippen LogP contribution in [0, 0.1) is 5.82 Å². The maximum atomic E-state index is 14.2. The van der Waals surface area contributed by atoms with E-state index in [1.54, 1.807) is 0 Å². The Morgan fingerprint density at radius 2 is 2.07 bits per heavy atom. The topological polar surface area (TPSA) is 102 Å². The van der Waals surface area contributed by atoms with E-state index in [0.29, 0.717) is 10.1 Å². The summed E-state index contributed by atoms with van der Waals surface area (Å²) in [5.41, 5.74) is 0. The predicted molar refractivity (Wildman–Crippen MR) is 98.0 cm³/mol. The van der Waals surface area contributed by atoms with Gasteiger partial charge in [0.15, 0.2) is 17.3 Å². The Morgan fingerprint density at radius 1 is 1.28 bits per heavy atom. The molecule has 1 aromatic carbocycles. The minimum Gasteiger partial charge on any atom is -0.488 e. The molecule has 2 aromatic heterocycles. The summed E-state index contributed by atoms with van der Waals surface area (Å²) in [7, 11) is 0. The van der Waals surface area contributed by atoms with Crippen molar-refractivity contribution in [2.24, 2.45) is 0 Å². The van der Waals surface area contributed by atoms with E-state index < -0.39 is 24.1 Å². The molecule has 8 nitrogen and oxygen atoms in total. The summed E-state index contributed by atoms with van der Waals surface area (Å²) in [4.78, 5) is 12.9. The van der Waals surface area contributed by atoms with Crippen LogP contribution in [0.15, 0.2) is 12.1 Å². The van der Waals surface area contributed by atoms with E-state index in [1.165, 1.54) is 0 Å². The number of benzene rings is 1. The molecular formula is C17H16F3N5O3S. The van der Waals surface area contributed by atoms with Crippen LogP contribution in [-0.2, 0) is 0 Å². The summed E-state index contributed by atoms with van der Waals surface area (Å²) in [6, 6.07) is 2.19. The minimum absolute atomic E-state index is 0.0380. The summed E-state index contributed by atoms with van der Waals surface area (Å²) in [5.74, 6) is -1.96. The third kappa shape index (κ3) is 4.26. The molecule has 0 spiro atoms. The Hall–Kier alpha value is -2.89. The quantitative estimate of drug-likeness (QED) is 0.614. The molecule has 154 valence electrons. The summed E-state index contributed by atoms with van der Waals surface area (Å²) < 4.78 is 50.1. The monoisotopic (exact) mass is 427 g/mol. The Balaban J connectivity index is 1.75. The van der Waals surface area contributed by atoms with Gasteiger partial charge in [-0.1, -0.05) is 11.5 Å². The zero-order chi connectivity index (χ0) is 20.4. The highest BCUT2D eigenvalue weighted by atomic mass is 32.1. The first kappa shape index (κ1) is 19.4. The molecule has 1 aliphatic rings. The van der Waals surface area contributed by atoms with Crippen LogP contribution in [0.3, 0.4) is 0 Å². The second kappa shape index (κ2) is 8.23. The number of aromatic amines is 1. The lowest BCUT2D eigenvalue weighted by Crippen LogP contribution is -2.21. The van der Waals surface area contributed by atoms with E-state index in [4.69, 9.17) is 4.74 Å². The SMILES string of the molecule is O=C(Nc1nn[nH]n1)c1sc2cc(F)c(OC(F)F)cc2c1OC1CCCCC1. The number of rotatable bonds is 6. The second-order valence-electron chi connectivity index (χ2n) is 6.49. The minimum atomic E-state index is -3.18. The van der Waals surface area contributed by atoms with Crippen LogP contribution in [0.2, 0.25) is 0 Å². The number of aromatic nitrogens is 4. The number of thiophene rings is 1. The van der Waals surface area contributed by atoms with E-state index >= 15 is 0 Å². The normalized spacial score (nSPS) is 15.0. The van der Waals surface area contributed by atoms with Crippen molar-refractivity contribution in [2.45, 2.75) is 44.8 Å². The lowest BCUT2D eigenvalue weighted by atomic mass is 9.98. The van der Waals surface area contributed by atoms with Crippen molar-refractivity contribution >= 4 is 33.3 Å². The molecule has 1 aliphatic carbocycles. The predicted octanol–water partition coefficient (Wildman–Crippen LogP) is 4.12. The number of ether oxygens (including phenoxy) is 2. The summed E-state index contributed by atoms with van der Waals surface area (Å²) in [6.45, 7) is -3.18. The highest BCUT2D eigenvalue weighted by molar-refractivity contribution is 7.21. The summed E-state index contributed by atoms with van der Waals surface area (Å²) >= 11 is 0.978. The maximum absolute atomic E-state index is 14.2. The van der Waals surface area contributed by atoms with Gasteiger partial charge in [0.25, 0.3) is 11.9 Å². The van der Waals surface area contributed by atoms with Crippen LogP contribution in [0.1, 0.15) is 41.8 Å². The number of carbonyl (C=O) groups excluding carboxylic acids is 1. The number of hydrogen-bond acceptors (Lipinski definition) is 7. The largest absolute Gasteiger partial charge is 0.488 e. The molecule has 0 aliphatic heterocycles. The molecule has 0 unspecified atom stereocenters. The van der Waals surface area contributed by atoms with Crippen molar-refractivity contribution in [1.82, 2.24) is 20.6 Å². The molecule has 0 saturated heterocycles. The Bertz CT molecular complexity index is 1010. The van der Waals surface area contributed by atoms with Gasteiger partial charge in [-0.15, -0.1) is 16.4 Å². The van der Waals surface area contributed by atoms with Gasteiger partial charge < -0.3 is 9.47 Å². The number of H-pyrrole nitrogens is 1. The highest BCUT2D eigenvalue weighted by Gasteiger charge is 2.26. The Labute approximate surface area is 166 Å². The van der Waals surface area contributed by atoms with Crippen molar-refractivity contribution in [3.8, 4) is 11.5 Å². The number of halogens is 3. The van der Waals surface area contributed by atoms with Crippen LogP contribution >= 0.6 is 11.3 Å². The van der Waals surface area contributed by atoms with Gasteiger partial charge in [0.2, 0.25) is 0 Å². The van der Waals surface area contributed by atoms with Crippen LogP contribution < -0.4 is 14.8 Å². The molecular weight excluding hydrogens is 411 g/mol. The number of nitrogens with one attached hydrogen (secondary N) is 2. The fourth-order valence-corrected chi connectivity index (χ4v) is 4.29. The van der Waals surface area contributed by atoms with Crippen molar-refractivity contribution in [2.75, 3.05) is 5.32 Å². The van der Waals surface area contributed by atoms with Crippen molar-refractivity contribution in [3.63, 3.8) is 0 Å². The standard InChI is InChI=1S/C17H16F3N5O3S/c18-10-7-12-9(6-11(10)28-16(19)20)13(27-8-4-2-1-3-5-8)14(29-12)15(26)21-17-22-24-25-23-17/h6-8,16H,1-5H2,(H2,21,22,23,24,25,26). The van der Waals surface area contributed by atoms with Crippen LogP contribution in [0.4, 0.5) is 19.1 Å². The first-order valence-corrected chi connectivity index (χ1v) is 9.75. The molecule has 0 bridgehead atoms. The van der Waals surface area contributed by atoms with Crippen molar-refractivity contribution in [3.05, 3.63) is 22.8 Å². The zero-order valence-corrected chi connectivity index (χ0v) is 15.8. The highest BCUT2D eigenvalue weighted by Crippen LogP contribution is 2.42. The molecule has 2 heterocycles. The molecule has 12 heteroatoms. The Morgan fingerprint density at radius 3 is 2.76 bits per heavy atom. The van der Waals surface area contributed by atoms with Gasteiger partial charge in [-0.25, -0.2) is 4.39 Å². The third-order valence-electron chi connectivity index (χ3n) is 4.53. The van der Waals surface area contributed by atoms with Gasteiger partial charge in [-0.3, -0.25) is 10.1 Å². The van der Waals surface area contributed by atoms with E-state index in [0.717, 1.165) is 55.6 Å². The molecule has 0 atom stereocenters. The number of fused-ring (bicyclic) bond motifs is 1. The molecule has 1 saturated carbocycles. The van der Waals surface area contributed by atoms with Crippen molar-refractivity contribution in [1.29, 1.82) is 0 Å². The smallest absolute Gasteiger partial charge is 0.387 e. The van der Waals surface area contributed by atoms with Crippen LogP contribution in [-0.4, -0.2) is 39.2 Å². The number of tetrazole rings is 1. The van der Waals surface area contributed by atoms with E-state index in [2.05, 4.69) is 30.7 Å². The number of amides is 1. The molecule has 2 N–H and O–H groups in total. The fraction of sp³-hybridized carbons (Fsp3) is 0.412. The molecule has 1 fully saturated rings. The van der Waals surface area contributed by atoms with Gasteiger partial charge in [0.05, 0.1) is 6.10 Å². The average molecular weight is 427 g/mol. The zero-order valence-electron chi connectivity index (χ0n) is 15.0. The number of carbonyl (C=O) groups is 1. The van der Waals surface area contributed by atoms with E-state index in [9.17, 15) is 18.0 Å². The molecule has 3 aromatic rings. The summed E-state index contributed by atoms with van der Waals surface area (Å²) in [5, 5.41) is 15.7. The van der Waals surface area contributed by atoms with Crippen LogP contribution in [0.25, 0.3) is 10.1 Å². The first-order valence-electron chi connectivity index (χ1n) is 8.93. The average Bonchev–Trinajstić information content (AvgIpc) is 3.31. The number of nitrogens with zero attached hydrogens (tertiary/aromatic N) is 3. The lowest BCUT2D eigenvalue weighted by Gasteiger charge is -2.23. The van der Waals surface area contributed by atoms with E-state index in [-0.39, 0.29) is 22.7 Å². The Kier molecular flexibility index (Phi) is 5.51. The first-order chi connectivity index (χ1) is 14.0. The van der Waals surface area contributed by atoms with Crippen molar-refractivity contribution < 1.29 is 27.4 Å². The second-order valence-corrected chi connectivity index (χ2v) is 7.54. The van der Waals surface area contributed by atoms with Gasteiger partial charge in [0, 0.05) is 10.1 Å².